The van der Waals surface area contributed by atoms with Crippen molar-refractivity contribution in [2.45, 2.75) is 102 Å². The maximum absolute atomic E-state index is 10.7. The first-order chi connectivity index (χ1) is 9.88. The molecule has 0 aromatic carbocycles. The topological polar surface area (TPSA) is 77.4 Å². The van der Waals surface area contributed by atoms with Gasteiger partial charge in [0.05, 0.1) is 16.2 Å². The van der Waals surface area contributed by atoms with E-state index < -0.39 is 15.4 Å². The van der Waals surface area contributed by atoms with E-state index in [4.69, 9.17) is 0 Å². The van der Waals surface area contributed by atoms with Gasteiger partial charge < -0.3 is 9.66 Å². The van der Waals surface area contributed by atoms with Crippen molar-refractivity contribution in [3.63, 3.8) is 0 Å². The smallest absolute Gasteiger partial charge is 0.748 e. The van der Waals surface area contributed by atoms with Crippen molar-refractivity contribution in [3.8, 4) is 0 Å². The monoisotopic (exact) mass is 360 g/mol. The van der Waals surface area contributed by atoms with Crippen molar-refractivity contribution < 1.29 is 69.5 Å². The summed E-state index contributed by atoms with van der Waals surface area (Å²) < 4.78 is 32.2. The van der Waals surface area contributed by atoms with Crippen LogP contribution in [0.2, 0.25) is 0 Å². The molecule has 1 N–H and O–H groups in total. The zero-order valence-corrected chi connectivity index (χ0v) is 18.7. The van der Waals surface area contributed by atoms with Crippen LogP contribution in [-0.4, -0.2) is 29.4 Å². The normalized spacial score (nSPS) is 14.4. The van der Waals surface area contributed by atoms with Gasteiger partial charge in [0.2, 0.25) is 0 Å². The summed E-state index contributed by atoms with van der Waals surface area (Å²) in [6, 6.07) is 0. The van der Waals surface area contributed by atoms with E-state index in [1.807, 2.05) is 0 Å². The van der Waals surface area contributed by atoms with Crippen LogP contribution in [-0.2, 0) is 10.1 Å². The molecule has 0 rings (SSSR count). The number of unbranched alkanes of at least 4 members (excludes halogenated alkanes) is 7. The zero-order valence-electron chi connectivity index (χ0n) is 14.7. The molecule has 0 spiro atoms. The third-order valence-electron chi connectivity index (χ3n) is 4.03. The summed E-state index contributed by atoms with van der Waals surface area (Å²) >= 11 is 0. The summed E-state index contributed by atoms with van der Waals surface area (Å²) in [6.45, 7) is 3.67. The molecule has 0 aromatic rings. The molecule has 0 aliphatic rings. The second-order valence-corrected chi connectivity index (χ2v) is 7.94. The van der Waals surface area contributed by atoms with Crippen molar-refractivity contribution in [2.24, 2.45) is 0 Å². The van der Waals surface area contributed by atoms with Crippen molar-refractivity contribution in [2.75, 3.05) is 0 Å². The minimum atomic E-state index is -4.12. The van der Waals surface area contributed by atoms with Gasteiger partial charge in [-0.25, -0.2) is 8.42 Å². The van der Waals surface area contributed by atoms with Gasteiger partial charge in [0.25, 0.3) is 0 Å². The fourth-order valence-electron chi connectivity index (χ4n) is 2.44. The average Bonchev–Trinajstić information content (AvgIpc) is 2.41. The van der Waals surface area contributed by atoms with E-state index in [-0.39, 0.29) is 57.5 Å². The van der Waals surface area contributed by atoms with Crippen LogP contribution in [0.5, 0.6) is 0 Å². The van der Waals surface area contributed by atoms with Crippen LogP contribution >= 0.6 is 0 Å². The van der Waals surface area contributed by atoms with Gasteiger partial charge >= 0.3 is 51.4 Å². The Morgan fingerprint density at radius 2 is 1.27 bits per heavy atom. The molecule has 128 valence electrons. The van der Waals surface area contributed by atoms with E-state index in [1.54, 1.807) is 0 Å². The second kappa shape index (κ2) is 16.0. The van der Waals surface area contributed by atoms with E-state index >= 15 is 0 Å². The minimum Gasteiger partial charge on any atom is -0.748 e. The summed E-state index contributed by atoms with van der Waals surface area (Å²) in [6.07, 6.45) is 11.8. The summed E-state index contributed by atoms with van der Waals surface area (Å²) in [5.41, 5.74) is 0. The average molecular weight is 361 g/mol. The Morgan fingerprint density at radius 3 is 1.68 bits per heavy atom. The molecule has 2 unspecified atom stereocenters. The fourth-order valence-corrected chi connectivity index (χ4v) is 2.89. The molecule has 0 saturated heterocycles. The third-order valence-corrected chi connectivity index (χ3v) is 5.25. The largest absolute Gasteiger partial charge is 1.00 e. The molecule has 0 amide bonds. The van der Waals surface area contributed by atoms with Crippen LogP contribution in [0.1, 0.15) is 90.9 Å². The van der Waals surface area contributed by atoms with Gasteiger partial charge in [-0.15, -0.1) is 0 Å². The van der Waals surface area contributed by atoms with Crippen molar-refractivity contribution >= 4 is 10.1 Å². The Morgan fingerprint density at radius 1 is 0.864 bits per heavy atom. The van der Waals surface area contributed by atoms with Crippen molar-refractivity contribution in [3.05, 3.63) is 0 Å². The van der Waals surface area contributed by atoms with Gasteiger partial charge in [0, 0.05) is 5.25 Å². The predicted octanol–water partition coefficient (Wildman–Crippen LogP) is 0.986. The molecule has 0 aliphatic heterocycles. The molecular weight excluding hydrogens is 327 g/mol. The molecule has 0 heterocycles. The SMILES string of the molecule is CCCCCCCC(O)CCCCCCC(C)S(=O)(=O)[O-].[K+]. The van der Waals surface area contributed by atoms with Gasteiger partial charge in [-0.2, -0.15) is 0 Å². The Bertz CT molecular complexity index is 333. The number of hydrogen-bond acceptors (Lipinski definition) is 4. The summed E-state index contributed by atoms with van der Waals surface area (Å²) in [7, 11) is -4.12. The summed E-state index contributed by atoms with van der Waals surface area (Å²) in [5, 5.41) is 9.06. The second-order valence-electron chi connectivity index (χ2n) is 6.15. The Balaban J connectivity index is 0. The molecule has 0 bridgehead atoms. The van der Waals surface area contributed by atoms with Crippen LogP contribution in [0.3, 0.4) is 0 Å². The first kappa shape index (κ1) is 25.7. The minimum absolute atomic E-state index is 0. The van der Waals surface area contributed by atoms with E-state index in [1.165, 1.54) is 32.6 Å². The van der Waals surface area contributed by atoms with Crippen LogP contribution in [0.4, 0.5) is 0 Å². The first-order valence-electron chi connectivity index (χ1n) is 8.50. The summed E-state index contributed by atoms with van der Waals surface area (Å²) in [5.74, 6) is 0. The quantitative estimate of drug-likeness (QED) is 0.285. The van der Waals surface area contributed by atoms with E-state index in [9.17, 15) is 18.1 Å². The van der Waals surface area contributed by atoms with E-state index in [2.05, 4.69) is 6.92 Å². The van der Waals surface area contributed by atoms with Crippen LogP contribution in [0.25, 0.3) is 0 Å². The molecule has 0 aliphatic carbocycles. The Labute approximate surface area is 180 Å². The molecule has 0 saturated carbocycles. The molecule has 6 heteroatoms. The molecule has 0 radical (unpaired) electrons. The number of hydrogen-bond donors (Lipinski definition) is 1. The fraction of sp³-hybridized carbons (Fsp3) is 1.00. The van der Waals surface area contributed by atoms with Gasteiger partial charge in [-0.3, -0.25) is 0 Å². The first-order valence-corrected chi connectivity index (χ1v) is 9.97. The Hall–Kier alpha value is 1.51. The maximum Gasteiger partial charge on any atom is 1.00 e. The standard InChI is InChI=1S/C16H34O4S.K/c1-3-4-5-6-10-13-16(17)14-11-8-7-9-12-15(2)21(18,19)20;/h15-17H,3-14H2,1-2H3,(H,18,19,20);/q;+1/p-1. The van der Waals surface area contributed by atoms with Crippen LogP contribution in [0, 0.1) is 0 Å². The molecular formula is C16H33KO4S. The van der Waals surface area contributed by atoms with Crippen molar-refractivity contribution in [1.82, 2.24) is 0 Å². The Kier molecular flexibility index (Phi) is 18.7. The zero-order chi connectivity index (χ0) is 16.1. The van der Waals surface area contributed by atoms with Crippen LogP contribution in [0.15, 0.2) is 0 Å². The third kappa shape index (κ3) is 16.4. The van der Waals surface area contributed by atoms with Gasteiger partial charge in [0.15, 0.2) is 0 Å². The maximum atomic E-state index is 10.7. The molecule has 0 fully saturated rings. The summed E-state index contributed by atoms with van der Waals surface area (Å²) in [4.78, 5) is 0. The molecule has 0 aromatic heterocycles. The van der Waals surface area contributed by atoms with Crippen molar-refractivity contribution in [1.29, 1.82) is 0 Å². The molecule has 2 atom stereocenters. The molecule has 22 heavy (non-hydrogen) atoms. The van der Waals surface area contributed by atoms with Gasteiger partial charge in [0.1, 0.15) is 0 Å². The predicted molar refractivity (Wildman–Crippen MR) is 86.2 cm³/mol. The van der Waals surface area contributed by atoms with E-state index in [0.717, 1.165) is 44.9 Å². The number of rotatable bonds is 14. The molecule has 4 nitrogen and oxygen atoms in total. The van der Waals surface area contributed by atoms with Crippen LogP contribution < -0.4 is 51.4 Å². The van der Waals surface area contributed by atoms with Gasteiger partial charge in [-0.05, 0) is 26.2 Å². The van der Waals surface area contributed by atoms with E-state index in [0.29, 0.717) is 6.42 Å². The number of aliphatic hydroxyl groups is 1. The van der Waals surface area contributed by atoms with Gasteiger partial charge in [-0.1, -0.05) is 64.7 Å². The number of aliphatic hydroxyl groups excluding tert-OH is 1.